The summed E-state index contributed by atoms with van der Waals surface area (Å²) in [6.07, 6.45) is 0.354. The summed E-state index contributed by atoms with van der Waals surface area (Å²) in [5.74, 6) is 0.121. The van der Waals surface area contributed by atoms with Gasteiger partial charge in [0.2, 0.25) is 0 Å². The predicted molar refractivity (Wildman–Crippen MR) is 54.3 cm³/mol. The number of amidine groups is 1. The first-order valence-corrected chi connectivity index (χ1v) is 4.30. The van der Waals surface area contributed by atoms with E-state index < -0.39 is 0 Å². The first kappa shape index (κ1) is 12.5. The second-order valence-electron chi connectivity index (χ2n) is 3.43. The van der Waals surface area contributed by atoms with Crippen molar-refractivity contribution in [3.05, 3.63) is 0 Å². The van der Waals surface area contributed by atoms with Gasteiger partial charge in [0, 0.05) is 33.6 Å². The molecule has 6 nitrogen and oxygen atoms in total. The number of nitrogens with zero attached hydrogens (tertiary/aromatic N) is 3. The van der Waals surface area contributed by atoms with Crippen LogP contribution in [-0.2, 0) is 0 Å². The lowest BCUT2D eigenvalue weighted by Gasteiger charge is -2.27. The van der Waals surface area contributed by atoms with Crippen molar-refractivity contribution in [3.63, 3.8) is 0 Å². The summed E-state index contributed by atoms with van der Waals surface area (Å²) < 4.78 is 0. The van der Waals surface area contributed by atoms with Gasteiger partial charge >= 0.3 is 6.03 Å². The predicted octanol–water partition coefficient (Wildman–Crippen LogP) is 0.125. The third-order valence-electron chi connectivity index (χ3n) is 1.98. The lowest BCUT2D eigenvalue weighted by molar-refractivity contribution is 0.168. The number of hydrogen-bond acceptors (Lipinski definition) is 3. The molecule has 0 saturated carbocycles. The fourth-order valence-corrected chi connectivity index (χ4v) is 0.984. The van der Waals surface area contributed by atoms with Crippen molar-refractivity contribution < 1.29 is 10.0 Å². The van der Waals surface area contributed by atoms with Crippen LogP contribution in [0.5, 0.6) is 0 Å². The Morgan fingerprint density at radius 2 is 2.00 bits per heavy atom. The van der Waals surface area contributed by atoms with Gasteiger partial charge in [0.1, 0.15) is 5.84 Å². The third kappa shape index (κ3) is 3.51. The lowest BCUT2D eigenvalue weighted by Crippen LogP contribution is -2.43. The van der Waals surface area contributed by atoms with Gasteiger partial charge in [-0.2, -0.15) is 0 Å². The number of nitrogens with two attached hydrogens (primary N) is 1. The van der Waals surface area contributed by atoms with E-state index in [9.17, 15) is 4.79 Å². The molecule has 0 heterocycles. The van der Waals surface area contributed by atoms with Crippen molar-refractivity contribution >= 4 is 11.9 Å². The Morgan fingerprint density at radius 1 is 1.50 bits per heavy atom. The Balaban J connectivity index is 4.25. The maximum atomic E-state index is 11.5. The van der Waals surface area contributed by atoms with Crippen molar-refractivity contribution in [2.24, 2.45) is 10.9 Å². The van der Waals surface area contributed by atoms with E-state index >= 15 is 0 Å². The molecule has 0 aromatic carbocycles. The van der Waals surface area contributed by atoms with Crippen LogP contribution in [0.1, 0.15) is 13.3 Å². The topological polar surface area (TPSA) is 82.2 Å². The monoisotopic (exact) mass is 202 g/mol. The molecule has 6 heteroatoms. The minimum absolute atomic E-state index is 0.0965. The molecule has 0 aromatic rings. The zero-order valence-electron chi connectivity index (χ0n) is 9.06. The van der Waals surface area contributed by atoms with Gasteiger partial charge in [-0.15, -0.1) is 0 Å². The molecule has 14 heavy (non-hydrogen) atoms. The van der Waals surface area contributed by atoms with Gasteiger partial charge in [0.25, 0.3) is 0 Å². The molecule has 1 unspecified atom stereocenters. The maximum absolute atomic E-state index is 11.5. The summed E-state index contributed by atoms with van der Waals surface area (Å²) in [4.78, 5) is 14.5. The normalized spacial score (nSPS) is 13.6. The quantitative estimate of drug-likeness (QED) is 0.295. The average Bonchev–Trinajstić information content (AvgIpc) is 2.14. The van der Waals surface area contributed by atoms with Gasteiger partial charge in [-0.3, -0.25) is 0 Å². The summed E-state index contributed by atoms with van der Waals surface area (Å²) in [5, 5.41) is 11.2. The van der Waals surface area contributed by atoms with Crippen LogP contribution >= 0.6 is 0 Å². The van der Waals surface area contributed by atoms with E-state index in [0.717, 1.165) is 0 Å². The van der Waals surface area contributed by atoms with Crippen molar-refractivity contribution in [3.8, 4) is 0 Å². The van der Waals surface area contributed by atoms with Crippen LogP contribution in [0.3, 0.4) is 0 Å². The molecule has 0 aliphatic carbocycles. The van der Waals surface area contributed by atoms with Gasteiger partial charge in [-0.25, -0.2) is 4.79 Å². The van der Waals surface area contributed by atoms with Gasteiger partial charge in [0.05, 0.1) is 0 Å². The van der Waals surface area contributed by atoms with Crippen LogP contribution in [-0.4, -0.2) is 54.1 Å². The molecular weight excluding hydrogens is 184 g/mol. The van der Waals surface area contributed by atoms with Crippen LogP contribution in [0.25, 0.3) is 0 Å². The van der Waals surface area contributed by atoms with E-state index in [1.807, 2.05) is 6.92 Å². The molecule has 0 aliphatic heterocycles. The smallest absolute Gasteiger partial charge is 0.319 e. The molecule has 0 aliphatic rings. The Labute approximate surface area is 84.0 Å². The molecule has 0 rings (SSSR count). The van der Waals surface area contributed by atoms with E-state index in [1.165, 1.54) is 9.80 Å². The first-order valence-electron chi connectivity index (χ1n) is 4.30. The number of amides is 2. The van der Waals surface area contributed by atoms with Crippen LogP contribution in [0.15, 0.2) is 5.16 Å². The fourth-order valence-electron chi connectivity index (χ4n) is 0.984. The molecule has 2 amide bonds. The van der Waals surface area contributed by atoms with Crippen molar-refractivity contribution in [1.29, 1.82) is 0 Å². The number of oxime groups is 1. The second kappa shape index (κ2) is 5.31. The molecule has 0 aromatic heterocycles. The molecule has 0 radical (unpaired) electrons. The van der Waals surface area contributed by atoms with E-state index in [2.05, 4.69) is 5.16 Å². The van der Waals surface area contributed by atoms with E-state index in [-0.39, 0.29) is 17.9 Å². The number of urea groups is 1. The number of hydrogen-bond donors (Lipinski definition) is 2. The van der Waals surface area contributed by atoms with E-state index in [0.29, 0.717) is 6.42 Å². The molecule has 0 fully saturated rings. The molecule has 82 valence electrons. The minimum atomic E-state index is -0.108. The van der Waals surface area contributed by atoms with Crippen LogP contribution in [0, 0.1) is 0 Å². The standard InChI is InChI=1S/C8H18N4O2/c1-6(5-7(9)10-14)12(4)8(13)11(2)3/h6,14H,5H2,1-4H3,(H2,9,10). The zero-order valence-corrected chi connectivity index (χ0v) is 9.06. The highest BCUT2D eigenvalue weighted by Gasteiger charge is 2.17. The van der Waals surface area contributed by atoms with Crippen molar-refractivity contribution in [1.82, 2.24) is 9.80 Å². The third-order valence-corrected chi connectivity index (χ3v) is 1.98. The number of carbonyl (C=O) groups is 1. The minimum Gasteiger partial charge on any atom is -0.409 e. The summed E-state index contributed by atoms with van der Waals surface area (Å²) in [5.41, 5.74) is 5.34. The Bertz CT molecular complexity index is 227. The summed E-state index contributed by atoms with van der Waals surface area (Å²) in [6.45, 7) is 1.83. The van der Waals surface area contributed by atoms with Crippen molar-refractivity contribution in [2.75, 3.05) is 21.1 Å². The molecule has 3 N–H and O–H groups in total. The summed E-state index contributed by atoms with van der Waals surface area (Å²) in [6, 6.07) is -0.205. The van der Waals surface area contributed by atoms with Crippen LogP contribution in [0.4, 0.5) is 4.79 Å². The number of carbonyl (C=O) groups excluding carboxylic acids is 1. The Morgan fingerprint density at radius 3 is 2.36 bits per heavy atom. The van der Waals surface area contributed by atoms with Gasteiger partial charge in [-0.1, -0.05) is 5.16 Å². The molecule has 0 spiro atoms. The molecule has 0 bridgehead atoms. The first-order chi connectivity index (χ1) is 6.40. The fraction of sp³-hybridized carbons (Fsp3) is 0.750. The summed E-state index contributed by atoms with van der Waals surface area (Å²) in [7, 11) is 5.03. The highest BCUT2D eigenvalue weighted by Crippen LogP contribution is 2.03. The SMILES string of the molecule is CC(CC(N)=NO)N(C)C(=O)N(C)C. The van der Waals surface area contributed by atoms with Crippen LogP contribution < -0.4 is 5.73 Å². The molecule has 1 atom stereocenters. The van der Waals surface area contributed by atoms with Crippen molar-refractivity contribution in [2.45, 2.75) is 19.4 Å². The Hall–Kier alpha value is -1.46. The Kier molecular flexibility index (Phi) is 4.76. The molecule has 0 saturated heterocycles. The van der Waals surface area contributed by atoms with E-state index in [4.69, 9.17) is 10.9 Å². The van der Waals surface area contributed by atoms with Gasteiger partial charge in [0.15, 0.2) is 0 Å². The average molecular weight is 202 g/mol. The highest BCUT2D eigenvalue weighted by molar-refractivity contribution is 5.81. The number of rotatable bonds is 3. The lowest BCUT2D eigenvalue weighted by atomic mass is 10.2. The van der Waals surface area contributed by atoms with E-state index in [1.54, 1.807) is 21.1 Å². The van der Waals surface area contributed by atoms with Gasteiger partial charge < -0.3 is 20.7 Å². The highest BCUT2D eigenvalue weighted by atomic mass is 16.4. The van der Waals surface area contributed by atoms with Crippen LogP contribution in [0.2, 0.25) is 0 Å². The second-order valence-corrected chi connectivity index (χ2v) is 3.43. The zero-order chi connectivity index (χ0) is 11.3. The molecular formula is C8H18N4O2. The maximum Gasteiger partial charge on any atom is 0.319 e. The largest absolute Gasteiger partial charge is 0.409 e. The van der Waals surface area contributed by atoms with Gasteiger partial charge in [-0.05, 0) is 6.92 Å². The summed E-state index contributed by atoms with van der Waals surface area (Å²) >= 11 is 0.